The van der Waals surface area contributed by atoms with Gasteiger partial charge in [0.25, 0.3) is 0 Å². The smallest absolute Gasteiger partial charge is 0.119 e. The van der Waals surface area contributed by atoms with Crippen molar-refractivity contribution in [2.45, 2.75) is 49.9 Å². The molecule has 2 aliphatic rings. The number of methoxy groups -OCH3 is 1. The molecule has 0 amide bonds. The molecular weight excluding hydrogens is 309 g/mol. The van der Waals surface area contributed by atoms with Crippen LogP contribution in [0.5, 0.6) is 5.75 Å². The summed E-state index contributed by atoms with van der Waals surface area (Å²) in [6.45, 7) is 0. The monoisotopic (exact) mass is 327 g/mol. The summed E-state index contributed by atoms with van der Waals surface area (Å²) >= 11 is 3.52. The van der Waals surface area contributed by atoms with Crippen LogP contribution >= 0.6 is 15.9 Å². The Morgan fingerprint density at radius 2 is 2.05 bits per heavy atom. The molecule has 0 saturated carbocycles. The minimum atomic E-state index is -1.08. The van der Waals surface area contributed by atoms with Crippen LogP contribution in [0.1, 0.15) is 31.2 Å². The number of nitrogens with one attached hydrogen (secondary N) is 1. The molecule has 2 fully saturated rings. The fourth-order valence-corrected chi connectivity index (χ4v) is 3.88. The van der Waals surface area contributed by atoms with Crippen molar-refractivity contribution in [3.63, 3.8) is 0 Å². The second kappa shape index (κ2) is 5.06. The van der Waals surface area contributed by atoms with Gasteiger partial charge in [-0.3, -0.25) is 0 Å². The molecule has 0 aliphatic carbocycles. The predicted molar refractivity (Wildman–Crippen MR) is 77.4 cm³/mol. The third-order valence-corrected chi connectivity index (χ3v) is 5.09. The average molecular weight is 328 g/mol. The molecule has 1 aromatic carbocycles. The van der Waals surface area contributed by atoms with Crippen molar-refractivity contribution in [1.82, 2.24) is 5.32 Å². The Morgan fingerprint density at radius 1 is 1.37 bits per heavy atom. The second-order valence-electron chi connectivity index (χ2n) is 5.83. The van der Waals surface area contributed by atoms with Gasteiger partial charge in [0.2, 0.25) is 0 Å². The van der Waals surface area contributed by atoms with Crippen LogP contribution < -0.4 is 10.1 Å². The predicted octanol–water partition coefficient (Wildman–Crippen LogP) is 3.62. The van der Waals surface area contributed by atoms with Crippen molar-refractivity contribution >= 4 is 15.9 Å². The molecule has 2 atom stereocenters. The molecule has 2 nitrogen and oxygen atoms in total. The van der Waals surface area contributed by atoms with E-state index in [1.54, 1.807) is 7.11 Å². The fourth-order valence-electron chi connectivity index (χ4n) is 3.49. The van der Waals surface area contributed by atoms with Gasteiger partial charge < -0.3 is 10.1 Å². The molecule has 0 radical (unpaired) electrons. The van der Waals surface area contributed by atoms with Crippen molar-refractivity contribution in [3.8, 4) is 5.75 Å². The molecule has 0 spiro atoms. The van der Waals surface area contributed by atoms with E-state index in [1.807, 2.05) is 18.2 Å². The zero-order valence-corrected chi connectivity index (χ0v) is 12.7. The maximum absolute atomic E-state index is 15.1. The Labute approximate surface area is 121 Å². The minimum absolute atomic E-state index is 0.369. The summed E-state index contributed by atoms with van der Waals surface area (Å²) in [5.41, 5.74) is -0.0745. The standard InChI is InChI=1S/C15H19BrFNO/c1-19-13-4-5-14(16)10(6-13)7-15(17)8-11-2-3-12(9-15)18-11/h4-6,11-12,18H,2-3,7-9H2,1H3. The first-order valence-corrected chi connectivity index (χ1v) is 7.65. The molecule has 0 aromatic heterocycles. The molecule has 3 rings (SSSR count). The molecule has 19 heavy (non-hydrogen) atoms. The molecule has 2 bridgehead atoms. The molecular formula is C15H19BrFNO. The Bertz CT molecular complexity index is 467. The van der Waals surface area contributed by atoms with Crippen molar-refractivity contribution in [1.29, 1.82) is 0 Å². The fraction of sp³-hybridized carbons (Fsp3) is 0.600. The van der Waals surface area contributed by atoms with Crippen LogP contribution in [-0.2, 0) is 6.42 Å². The van der Waals surface area contributed by atoms with Crippen LogP contribution in [-0.4, -0.2) is 24.9 Å². The van der Waals surface area contributed by atoms with E-state index in [1.165, 1.54) is 0 Å². The summed E-state index contributed by atoms with van der Waals surface area (Å²) in [4.78, 5) is 0. The minimum Gasteiger partial charge on any atom is -0.497 e. The van der Waals surface area contributed by atoms with Crippen molar-refractivity contribution in [2.75, 3.05) is 7.11 Å². The molecule has 104 valence electrons. The second-order valence-corrected chi connectivity index (χ2v) is 6.69. The number of halogens is 2. The topological polar surface area (TPSA) is 21.3 Å². The quantitative estimate of drug-likeness (QED) is 0.915. The van der Waals surface area contributed by atoms with Crippen molar-refractivity contribution in [3.05, 3.63) is 28.2 Å². The summed E-state index contributed by atoms with van der Waals surface area (Å²) in [7, 11) is 1.64. The largest absolute Gasteiger partial charge is 0.497 e. The van der Waals surface area contributed by atoms with Gasteiger partial charge in [-0.05, 0) is 49.4 Å². The number of rotatable bonds is 3. The molecule has 2 unspecified atom stereocenters. The number of ether oxygens (including phenoxy) is 1. The summed E-state index contributed by atoms with van der Waals surface area (Å²) in [5.74, 6) is 0.790. The van der Waals surface area contributed by atoms with Gasteiger partial charge in [-0.1, -0.05) is 15.9 Å². The third-order valence-electron chi connectivity index (χ3n) is 4.32. The van der Waals surface area contributed by atoms with Crippen molar-refractivity contribution in [2.24, 2.45) is 0 Å². The highest BCUT2D eigenvalue weighted by Gasteiger charge is 2.44. The molecule has 1 N–H and O–H groups in total. The van der Waals surface area contributed by atoms with Gasteiger partial charge in [0.15, 0.2) is 0 Å². The summed E-state index contributed by atoms with van der Waals surface area (Å²) in [6.07, 6.45) is 3.98. The van der Waals surface area contributed by atoms with Gasteiger partial charge in [0.1, 0.15) is 11.4 Å². The van der Waals surface area contributed by atoms with E-state index in [2.05, 4.69) is 21.2 Å². The average Bonchev–Trinajstić information content (AvgIpc) is 2.72. The van der Waals surface area contributed by atoms with Crippen LogP contribution in [0.2, 0.25) is 0 Å². The number of hydrogen-bond acceptors (Lipinski definition) is 2. The molecule has 2 saturated heterocycles. The lowest BCUT2D eigenvalue weighted by Gasteiger charge is -2.35. The van der Waals surface area contributed by atoms with Gasteiger partial charge in [-0.25, -0.2) is 4.39 Å². The Hall–Kier alpha value is -0.610. The van der Waals surface area contributed by atoms with Gasteiger partial charge in [0, 0.05) is 23.0 Å². The van der Waals surface area contributed by atoms with Crippen molar-refractivity contribution < 1.29 is 9.13 Å². The number of alkyl halides is 1. The number of fused-ring (bicyclic) bond motifs is 2. The van der Waals surface area contributed by atoms with E-state index in [4.69, 9.17) is 4.74 Å². The summed E-state index contributed by atoms with van der Waals surface area (Å²) in [5, 5.41) is 3.49. The van der Waals surface area contributed by atoms with Gasteiger partial charge in [0.05, 0.1) is 7.11 Å². The van der Waals surface area contributed by atoms with E-state index in [0.717, 1.165) is 28.6 Å². The first-order chi connectivity index (χ1) is 9.08. The van der Waals surface area contributed by atoms with Gasteiger partial charge in [-0.2, -0.15) is 0 Å². The van der Waals surface area contributed by atoms with Gasteiger partial charge >= 0.3 is 0 Å². The van der Waals surface area contributed by atoms with E-state index in [0.29, 0.717) is 31.3 Å². The van der Waals surface area contributed by atoms with Crippen LogP contribution in [0.4, 0.5) is 4.39 Å². The lowest BCUT2D eigenvalue weighted by Crippen LogP contribution is -2.47. The zero-order valence-electron chi connectivity index (χ0n) is 11.1. The first-order valence-electron chi connectivity index (χ1n) is 6.85. The maximum atomic E-state index is 15.1. The normalized spacial score (nSPS) is 33.4. The maximum Gasteiger partial charge on any atom is 0.119 e. The lowest BCUT2D eigenvalue weighted by molar-refractivity contribution is 0.0891. The highest BCUT2D eigenvalue weighted by Crippen LogP contribution is 2.40. The summed E-state index contributed by atoms with van der Waals surface area (Å²) < 4.78 is 21.3. The highest BCUT2D eigenvalue weighted by atomic mass is 79.9. The number of piperidine rings is 1. The molecule has 4 heteroatoms. The Balaban J connectivity index is 1.80. The van der Waals surface area contributed by atoms with E-state index < -0.39 is 5.67 Å². The van der Waals surface area contributed by atoms with Crippen LogP contribution in [0, 0.1) is 0 Å². The SMILES string of the molecule is COc1ccc(Br)c(CC2(F)CC3CCC(C2)N3)c1. The molecule has 1 aromatic rings. The Morgan fingerprint density at radius 3 is 2.68 bits per heavy atom. The third kappa shape index (κ3) is 2.79. The lowest BCUT2D eigenvalue weighted by atomic mass is 9.84. The van der Waals surface area contributed by atoms with Crippen LogP contribution in [0.15, 0.2) is 22.7 Å². The van der Waals surface area contributed by atoms with Gasteiger partial charge in [-0.15, -0.1) is 0 Å². The van der Waals surface area contributed by atoms with E-state index in [9.17, 15) is 0 Å². The molecule has 2 aliphatic heterocycles. The number of hydrogen-bond donors (Lipinski definition) is 1. The highest BCUT2D eigenvalue weighted by molar-refractivity contribution is 9.10. The van der Waals surface area contributed by atoms with E-state index in [-0.39, 0.29) is 0 Å². The Kier molecular flexibility index (Phi) is 3.56. The number of benzene rings is 1. The zero-order chi connectivity index (χ0) is 13.5. The summed E-state index contributed by atoms with van der Waals surface area (Å²) in [6, 6.07) is 6.51. The van der Waals surface area contributed by atoms with Crippen LogP contribution in [0.3, 0.4) is 0 Å². The molecule has 2 heterocycles. The first kappa shape index (κ1) is 13.4. The van der Waals surface area contributed by atoms with E-state index >= 15 is 4.39 Å². The van der Waals surface area contributed by atoms with Crippen LogP contribution in [0.25, 0.3) is 0 Å².